The summed E-state index contributed by atoms with van der Waals surface area (Å²) < 4.78 is 5.80. The van der Waals surface area contributed by atoms with Crippen molar-refractivity contribution in [1.82, 2.24) is 4.98 Å². The summed E-state index contributed by atoms with van der Waals surface area (Å²) in [6, 6.07) is 12.4. The minimum atomic E-state index is 0.591. The lowest BCUT2D eigenvalue weighted by molar-refractivity contribution is 0.342. The van der Waals surface area contributed by atoms with E-state index in [-0.39, 0.29) is 0 Å². The molecule has 102 valence electrons. The van der Waals surface area contributed by atoms with Gasteiger partial charge in [0.15, 0.2) is 5.13 Å². The zero-order valence-electron chi connectivity index (χ0n) is 11.5. The second kappa shape index (κ2) is 5.13. The number of thiazole rings is 1. The maximum atomic E-state index is 5.85. The third-order valence-corrected chi connectivity index (χ3v) is 4.23. The quantitative estimate of drug-likeness (QED) is 0.782. The molecule has 1 heterocycles. The van der Waals surface area contributed by atoms with Crippen molar-refractivity contribution >= 4 is 27.2 Å². The van der Waals surface area contributed by atoms with Crippen LogP contribution in [-0.2, 0) is 0 Å². The zero-order chi connectivity index (χ0) is 14.1. The fourth-order valence-corrected chi connectivity index (χ4v) is 3.31. The molecule has 0 radical (unpaired) electrons. The summed E-state index contributed by atoms with van der Waals surface area (Å²) in [6.07, 6.45) is 0. The maximum Gasteiger partial charge on any atom is 0.180 e. The molecule has 20 heavy (non-hydrogen) atoms. The summed E-state index contributed by atoms with van der Waals surface area (Å²) in [5.41, 5.74) is 7.89. The Morgan fingerprint density at radius 2 is 2.00 bits per heavy atom. The minimum Gasteiger partial charge on any atom is -0.493 e. The van der Waals surface area contributed by atoms with Gasteiger partial charge in [-0.15, -0.1) is 0 Å². The van der Waals surface area contributed by atoms with Gasteiger partial charge in [-0.05, 0) is 30.7 Å². The molecule has 4 heteroatoms. The average molecular weight is 284 g/mol. The Kier molecular flexibility index (Phi) is 3.32. The van der Waals surface area contributed by atoms with Gasteiger partial charge in [0.25, 0.3) is 0 Å². The number of nitrogens with two attached hydrogens (primary N) is 1. The van der Waals surface area contributed by atoms with Crippen molar-refractivity contribution in [2.24, 2.45) is 0 Å². The van der Waals surface area contributed by atoms with Gasteiger partial charge in [0, 0.05) is 5.56 Å². The predicted molar refractivity (Wildman–Crippen MR) is 85.4 cm³/mol. The number of aryl methyl sites for hydroxylation is 1. The van der Waals surface area contributed by atoms with E-state index in [0.717, 1.165) is 21.9 Å². The molecule has 0 spiro atoms. The van der Waals surface area contributed by atoms with Crippen LogP contribution in [0.1, 0.15) is 12.6 Å². The Morgan fingerprint density at radius 1 is 1.20 bits per heavy atom. The van der Waals surface area contributed by atoms with Gasteiger partial charge in [0.05, 0.1) is 17.2 Å². The lowest BCUT2D eigenvalue weighted by Crippen LogP contribution is -1.95. The Balaban J connectivity index is 2.35. The van der Waals surface area contributed by atoms with Gasteiger partial charge in [0.2, 0.25) is 0 Å². The number of nitrogens with zero attached hydrogens (tertiary/aromatic N) is 1. The Hall–Kier alpha value is -2.07. The smallest absolute Gasteiger partial charge is 0.180 e. The number of aromatic nitrogens is 1. The van der Waals surface area contributed by atoms with Crippen molar-refractivity contribution in [1.29, 1.82) is 0 Å². The van der Waals surface area contributed by atoms with E-state index in [1.807, 2.05) is 32.0 Å². The fraction of sp³-hybridized carbons (Fsp3) is 0.188. The molecule has 1 aromatic heterocycles. The van der Waals surface area contributed by atoms with Crippen molar-refractivity contribution in [3.8, 4) is 16.2 Å². The summed E-state index contributed by atoms with van der Waals surface area (Å²) in [4.78, 5) is 5.42. The van der Waals surface area contributed by atoms with Gasteiger partial charge < -0.3 is 10.5 Å². The molecule has 3 aromatic rings. The van der Waals surface area contributed by atoms with Crippen LogP contribution in [0.2, 0.25) is 0 Å². The number of ether oxygens (including phenoxy) is 1. The molecule has 3 rings (SSSR count). The molecule has 0 aliphatic heterocycles. The minimum absolute atomic E-state index is 0.591. The maximum absolute atomic E-state index is 5.85. The third-order valence-electron chi connectivity index (χ3n) is 3.23. The van der Waals surface area contributed by atoms with Gasteiger partial charge >= 0.3 is 0 Å². The highest BCUT2D eigenvalue weighted by atomic mass is 32.1. The van der Waals surface area contributed by atoms with Crippen molar-refractivity contribution in [3.63, 3.8) is 0 Å². The van der Waals surface area contributed by atoms with Crippen molar-refractivity contribution in [2.75, 3.05) is 12.3 Å². The van der Waals surface area contributed by atoms with E-state index in [1.54, 1.807) is 0 Å². The molecule has 0 amide bonds. The van der Waals surface area contributed by atoms with E-state index >= 15 is 0 Å². The lowest BCUT2D eigenvalue weighted by atomic mass is 10.0. The molecule has 3 nitrogen and oxygen atoms in total. The Bertz CT molecular complexity index is 764. The first kappa shape index (κ1) is 12.9. The van der Waals surface area contributed by atoms with E-state index in [1.165, 1.54) is 22.1 Å². The molecule has 2 aromatic carbocycles. The molecule has 0 unspecified atom stereocenters. The first-order valence-electron chi connectivity index (χ1n) is 6.58. The van der Waals surface area contributed by atoms with E-state index in [2.05, 4.69) is 23.2 Å². The second-order valence-electron chi connectivity index (χ2n) is 4.56. The molecule has 0 bridgehead atoms. The molecular weight excluding hydrogens is 268 g/mol. The lowest BCUT2D eigenvalue weighted by Gasteiger charge is -2.12. The first-order valence-corrected chi connectivity index (χ1v) is 7.40. The van der Waals surface area contributed by atoms with Crippen LogP contribution in [0.15, 0.2) is 36.4 Å². The molecule has 0 aliphatic carbocycles. The van der Waals surface area contributed by atoms with Gasteiger partial charge in [-0.25, -0.2) is 4.98 Å². The van der Waals surface area contributed by atoms with Crippen LogP contribution in [-0.4, -0.2) is 11.6 Å². The van der Waals surface area contributed by atoms with Crippen molar-refractivity contribution in [3.05, 3.63) is 42.1 Å². The Labute approximate surface area is 122 Å². The SMILES string of the molecule is CCOc1ccc2ccccc2c1-c1sc(N)nc1C. The predicted octanol–water partition coefficient (Wildman–Crippen LogP) is 4.25. The number of fused-ring (bicyclic) bond motifs is 1. The summed E-state index contributed by atoms with van der Waals surface area (Å²) in [6.45, 7) is 4.62. The van der Waals surface area contributed by atoms with Gasteiger partial charge in [-0.1, -0.05) is 41.7 Å². The van der Waals surface area contributed by atoms with Crippen LogP contribution in [0.4, 0.5) is 5.13 Å². The molecule has 0 fully saturated rings. The van der Waals surface area contributed by atoms with E-state index in [9.17, 15) is 0 Å². The second-order valence-corrected chi connectivity index (χ2v) is 5.59. The van der Waals surface area contributed by atoms with Crippen molar-refractivity contribution < 1.29 is 4.74 Å². The highest BCUT2D eigenvalue weighted by molar-refractivity contribution is 7.19. The van der Waals surface area contributed by atoms with Crippen LogP contribution < -0.4 is 10.5 Å². The van der Waals surface area contributed by atoms with Crippen LogP contribution in [0.5, 0.6) is 5.75 Å². The summed E-state index contributed by atoms with van der Waals surface area (Å²) in [5.74, 6) is 0.887. The summed E-state index contributed by atoms with van der Waals surface area (Å²) >= 11 is 1.51. The molecular formula is C16H16N2OS. The first-order chi connectivity index (χ1) is 9.70. The number of benzene rings is 2. The average Bonchev–Trinajstić information content (AvgIpc) is 2.77. The molecule has 0 atom stereocenters. The number of rotatable bonds is 3. The summed E-state index contributed by atoms with van der Waals surface area (Å²) in [7, 11) is 0. The number of anilines is 1. The highest BCUT2D eigenvalue weighted by Crippen LogP contribution is 2.42. The molecule has 2 N–H and O–H groups in total. The molecule has 0 saturated carbocycles. The normalized spacial score (nSPS) is 10.9. The third kappa shape index (κ3) is 2.12. The van der Waals surface area contributed by atoms with E-state index in [0.29, 0.717) is 11.7 Å². The van der Waals surface area contributed by atoms with Gasteiger partial charge in [-0.2, -0.15) is 0 Å². The topological polar surface area (TPSA) is 48.1 Å². The van der Waals surface area contributed by atoms with Crippen molar-refractivity contribution in [2.45, 2.75) is 13.8 Å². The zero-order valence-corrected chi connectivity index (χ0v) is 12.3. The van der Waals surface area contributed by atoms with Crippen LogP contribution in [0.3, 0.4) is 0 Å². The van der Waals surface area contributed by atoms with E-state index < -0.39 is 0 Å². The van der Waals surface area contributed by atoms with E-state index in [4.69, 9.17) is 10.5 Å². The highest BCUT2D eigenvalue weighted by Gasteiger charge is 2.16. The van der Waals surface area contributed by atoms with Crippen LogP contribution >= 0.6 is 11.3 Å². The molecule has 0 aliphatic rings. The van der Waals surface area contributed by atoms with Crippen LogP contribution in [0, 0.1) is 6.92 Å². The van der Waals surface area contributed by atoms with Gasteiger partial charge in [-0.3, -0.25) is 0 Å². The monoisotopic (exact) mass is 284 g/mol. The largest absolute Gasteiger partial charge is 0.493 e. The number of nitrogen functional groups attached to an aromatic ring is 1. The summed E-state index contributed by atoms with van der Waals surface area (Å²) in [5, 5.41) is 2.95. The Morgan fingerprint density at radius 3 is 2.70 bits per heavy atom. The number of hydrogen-bond acceptors (Lipinski definition) is 4. The fourth-order valence-electron chi connectivity index (χ4n) is 2.41. The standard InChI is InChI=1S/C16H16N2OS/c1-3-19-13-9-8-11-6-4-5-7-12(11)14(13)15-10(2)18-16(17)20-15/h4-9H,3H2,1-2H3,(H2,17,18). The van der Waals surface area contributed by atoms with Gasteiger partial charge in [0.1, 0.15) is 5.75 Å². The van der Waals surface area contributed by atoms with Crippen LogP contribution in [0.25, 0.3) is 21.2 Å². The molecule has 0 saturated heterocycles. The number of hydrogen-bond donors (Lipinski definition) is 1.